The summed E-state index contributed by atoms with van der Waals surface area (Å²) < 4.78 is 12.5. The van der Waals surface area contributed by atoms with E-state index in [0.29, 0.717) is 12.0 Å². The van der Waals surface area contributed by atoms with Gasteiger partial charge in [-0.1, -0.05) is 38.1 Å². The summed E-state index contributed by atoms with van der Waals surface area (Å²) in [6.45, 7) is 8.60. The van der Waals surface area contributed by atoms with E-state index in [4.69, 9.17) is 9.47 Å². The van der Waals surface area contributed by atoms with Crippen molar-refractivity contribution >= 4 is 24.2 Å². The van der Waals surface area contributed by atoms with E-state index < -0.39 is 0 Å². The molecule has 3 aromatic rings. The lowest BCUT2D eigenvalue weighted by atomic mass is 9.87. The number of hydrogen-bond donors (Lipinski definition) is 2. The highest BCUT2D eigenvalue weighted by molar-refractivity contribution is 7.99. The maximum atomic E-state index is 9.95. The summed E-state index contributed by atoms with van der Waals surface area (Å²) in [5.41, 5.74) is 2.56. The molecule has 5 rings (SSSR count). The first-order chi connectivity index (χ1) is 16.9. The quantitative estimate of drug-likeness (QED) is 0.345. The number of phenols is 2. The van der Waals surface area contributed by atoms with Crippen molar-refractivity contribution in [2.24, 2.45) is 5.41 Å². The van der Waals surface area contributed by atoms with Gasteiger partial charge in [-0.2, -0.15) is 0 Å². The number of phenolic OH excluding ortho intramolecular Hbond substituents is 2. The molecule has 1 saturated heterocycles. The molecule has 1 fully saturated rings. The summed E-state index contributed by atoms with van der Waals surface area (Å²) in [5, 5.41) is 19.7. The number of thioether (sulfide) groups is 1. The number of likely N-dealkylation sites (tertiary alicyclic amines) is 1. The van der Waals surface area contributed by atoms with Crippen molar-refractivity contribution in [3.63, 3.8) is 0 Å². The van der Waals surface area contributed by atoms with E-state index in [1.165, 1.54) is 12.8 Å². The Morgan fingerprint density at radius 1 is 1.00 bits per heavy atom. The Labute approximate surface area is 223 Å². The topological polar surface area (TPSA) is 62.2 Å². The van der Waals surface area contributed by atoms with Crippen molar-refractivity contribution in [1.82, 2.24) is 4.90 Å². The van der Waals surface area contributed by atoms with Gasteiger partial charge in [0.25, 0.3) is 0 Å². The Hall–Kier alpha value is -2.54. The van der Waals surface area contributed by atoms with Gasteiger partial charge in [0, 0.05) is 13.1 Å². The van der Waals surface area contributed by atoms with Crippen molar-refractivity contribution in [3.05, 3.63) is 77.9 Å². The van der Waals surface area contributed by atoms with E-state index in [1.54, 1.807) is 36.0 Å². The summed E-state index contributed by atoms with van der Waals surface area (Å²) in [6, 6.07) is 20.6. The predicted octanol–water partition coefficient (Wildman–Crippen LogP) is 6.99. The zero-order valence-corrected chi connectivity index (χ0v) is 22.4. The van der Waals surface area contributed by atoms with Gasteiger partial charge in [0.1, 0.15) is 35.7 Å². The number of fused-ring (bicyclic) bond motifs is 1. The number of aromatic hydroxyl groups is 2. The van der Waals surface area contributed by atoms with Crippen LogP contribution >= 0.6 is 24.2 Å². The lowest BCUT2D eigenvalue weighted by molar-refractivity contribution is 0.190. The van der Waals surface area contributed by atoms with Gasteiger partial charge in [0.2, 0.25) is 0 Å². The van der Waals surface area contributed by atoms with Crippen LogP contribution in [0.5, 0.6) is 23.0 Å². The maximum absolute atomic E-state index is 9.95. The average molecular weight is 528 g/mol. The second-order valence-corrected chi connectivity index (χ2v) is 11.1. The van der Waals surface area contributed by atoms with Crippen LogP contribution in [0.1, 0.15) is 49.2 Å². The van der Waals surface area contributed by atoms with Crippen LogP contribution in [0.15, 0.2) is 71.6 Å². The maximum Gasteiger partial charge on any atom is 0.140 e. The molecule has 0 radical (unpaired) electrons. The first-order valence-corrected chi connectivity index (χ1v) is 13.2. The first-order valence-electron chi connectivity index (χ1n) is 12.3. The molecule has 0 amide bonds. The molecule has 2 aliphatic rings. The lowest BCUT2D eigenvalue weighted by Crippen LogP contribution is -2.28. The summed E-state index contributed by atoms with van der Waals surface area (Å²) in [7, 11) is 0. The lowest BCUT2D eigenvalue weighted by Gasteiger charge is -2.34. The van der Waals surface area contributed by atoms with E-state index in [9.17, 15) is 10.2 Å². The molecule has 0 spiro atoms. The molecule has 7 heteroatoms. The molecule has 192 valence electrons. The summed E-state index contributed by atoms with van der Waals surface area (Å²) in [5.74, 6) is 2.08. The van der Waals surface area contributed by atoms with Crippen LogP contribution in [0.2, 0.25) is 0 Å². The summed E-state index contributed by atoms with van der Waals surface area (Å²) in [4.78, 5) is 3.41. The Balaban J connectivity index is 0.00000304. The smallest absolute Gasteiger partial charge is 0.140 e. The number of halogens is 1. The molecular formula is C29H34ClNO4S. The Morgan fingerprint density at radius 3 is 2.39 bits per heavy atom. The first kappa shape index (κ1) is 26.5. The van der Waals surface area contributed by atoms with Crippen LogP contribution < -0.4 is 9.47 Å². The van der Waals surface area contributed by atoms with Crippen molar-refractivity contribution in [2.75, 3.05) is 26.2 Å². The molecular weight excluding hydrogens is 494 g/mol. The van der Waals surface area contributed by atoms with Crippen molar-refractivity contribution in [3.8, 4) is 23.0 Å². The zero-order chi connectivity index (χ0) is 24.4. The monoisotopic (exact) mass is 527 g/mol. The molecule has 5 nitrogen and oxygen atoms in total. The minimum absolute atomic E-state index is 0. The number of ether oxygens (including phenoxy) is 2. The molecule has 0 aromatic heterocycles. The molecule has 0 aliphatic carbocycles. The van der Waals surface area contributed by atoms with Crippen LogP contribution in [0.3, 0.4) is 0 Å². The normalized spacial score (nSPS) is 23.4. The second-order valence-electron chi connectivity index (χ2n) is 9.91. The largest absolute Gasteiger partial charge is 0.508 e. The van der Waals surface area contributed by atoms with Crippen molar-refractivity contribution in [1.29, 1.82) is 0 Å². The van der Waals surface area contributed by atoms with E-state index in [0.717, 1.165) is 47.2 Å². The molecule has 3 atom stereocenters. The highest BCUT2D eigenvalue weighted by Crippen LogP contribution is 2.54. The number of hydrogen-bond acceptors (Lipinski definition) is 6. The van der Waals surface area contributed by atoms with E-state index in [2.05, 4.69) is 30.9 Å². The molecule has 0 saturated carbocycles. The highest BCUT2D eigenvalue weighted by Gasteiger charge is 2.34. The molecule has 2 aliphatic heterocycles. The zero-order valence-electron chi connectivity index (χ0n) is 20.7. The standard InChI is InChI=1S/C29H33NO4S.ClH/c1-3-29(2)14-15-30(19-29)16-17-33-24-11-6-20(7-12-24)27-28(21-4-8-22(31)9-5-21)35-26-18-23(32)10-13-25(26)34-27;/h4-13,18,27-28,31-32H,3,14-17,19H2,1-2H3;1H/t27-,28+,29-;/m0./s1. The molecule has 0 bridgehead atoms. The summed E-state index contributed by atoms with van der Waals surface area (Å²) in [6.07, 6.45) is 2.28. The number of rotatable bonds is 7. The molecule has 2 heterocycles. The Bertz CT molecular complexity index is 1160. The van der Waals surface area contributed by atoms with Gasteiger partial charge >= 0.3 is 0 Å². The van der Waals surface area contributed by atoms with Crippen LogP contribution in [0.4, 0.5) is 0 Å². The number of benzene rings is 3. The molecule has 36 heavy (non-hydrogen) atoms. The van der Waals surface area contributed by atoms with Gasteiger partial charge in [-0.3, -0.25) is 4.90 Å². The third-order valence-electron chi connectivity index (χ3n) is 7.31. The molecule has 0 unspecified atom stereocenters. The molecule has 3 aromatic carbocycles. The van der Waals surface area contributed by atoms with Crippen LogP contribution in [0, 0.1) is 5.41 Å². The van der Waals surface area contributed by atoms with Gasteiger partial charge in [-0.05, 0) is 78.4 Å². The number of nitrogens with zero attached hydrogens (tertiary/aromatic N) is 1. The summed E-state index contributed by atoms with van der Waals surface area (Å²) >= 11 is 1.66. The minimum atomic E-state index is -0.216. The highest BCUT2D eigenvalue weighted by atomic mass is 35.5. The van der Waals surface area contributed by atoms with Crippen LogP contribution in [0.25, 0.3) is 0 Å². The third-order valence-corrected chi connectivity index (χ3v) is 8.65. The predicted molar refractivity (Wildman–Crippen MR) is 147 cm³/mol. The van der Waals surface area contributed by atoms with Gasteiger partial charge in [-0.15, -0.1) is 24.2 Å². The van der Waals surface area contributed by atoms with E-state index in [1.807, 2.05) is 30.3 Å². The fourth-order valence-electron chi connectivity index (χ4n) is 4.88. The van der Waals surface area contributed by atoms with Gasteiger partial charge in [0.05, 0.1) is 10.1 Å². The van der Waals surface area contributed by atoms with E-state index in [-0.39, 0.29) is 35.3 Å². The average Bonchev–Trinajstić information content (AvgIpc) is 3.25. The Morgan fingerprint density at radius 2 is 1.69 bits per heavy atom. The second kappa shape index (κ2) is 11.2. The molecule has 2 N–H and O–H groups in total. The Kier molecular flexibility index (Phi) is 8.28. The van der Waals surface area contributed by atoms with Gasteiger partial charge in [-0.25, -0.2) is 0 Å². The fourth-order valence-corrected chi connectivity index (χ4v) is 6.21. The van der Waals surface area contributed by atoms with E-state index >= 15 is 0 Å². The third kappa shape index (κ3) is 5.88. The van der Waals surface area contributed by atoms with Crippen molar-refractivity contribution < 1.29 is 19.7 Å². The van der Waals surface area contributed by atoms with Gasteiger partial charge < -0.3 is 19.7 Å². The van der Waals surface area contributed by atoms with Crippen molar-refractivity contribution in [2.45, 2.75) is 42.9 Å². The van der Waals surface area contributed by atoms with Gasteiger partial charge in [0.15, 0.2) is 0 Å². The van der Waals surface area contributed by atoms with Crippen LogP contribution in [-0.2, 0) is 0 Å². The fraction of sp³-hybridized carbons (Fsp3) is 0.379. The minimum Gasteiger partial charge on any atom is -0.508 e. The SMILES string of the molecule is CC[C@@]1(C)CCN(CCOc2ccc([C@@H]3Oc4ccc(O)cc4S[C@@H]3c3ccc(O)cc3)cc2)C1.Cl. The van der Waals surface area contributed by atoms with Crippen LogP contribution in [-0.4, -0.2) is 41.4 Å².